The second-order valence-corrected chi connectivity index (χ2v) is 4.72. The average Bonchev–Trinajstić information content (AvgIpc) is 2.47. The van der Waals surface area contributed by atoms with Crippen LogP contribution in [0, 0.1) is 5.92 Å². The van der Waals surface area contributed by atoms with Crippen molar-refractivity contribution in [3.63, 3.8) is 0 Å². The zero-order valence-corrected chi connectivity index (χ0v) is 9.62. The topological polar surface area (TPSA) is 9.23 Å². The lowest BCUT2D eigenvalue weighted by atomic mass is 10.2. The highest BCUT2D eigenvalue weighted by Crippen LogP contribution is 2.32. The molecule has 0 spiro atoms. The summed E-state index contributed by atoms with van der Waals surface area (Å²) in [5, 5.41) is 1.99. The van der Waals surface area contributed by atoms with Gasteiger partial charge in [-0.25, -0.2) is 0 Å². The molecule has 0 amide bonds. The zero-order chi connectivity index (χ0) is 9.84. The molecule has 0 aliphatic heterocycles. The van der Waals surface area contributed by atoms with Crippen molar-refractivity contribution in [2.75, 3.05) is 6.61 Å². The van der Waals surface area contributed by atoms with Gasteiger partial charge in [0, 0.05) is 4.91 Å². The van der Waals surface area contributed by atoms with E-state index < -0.39 is 0 Å². The average molecular weight is 214 g/mol. The Labute approximate surface area is 88.8 Å². The molecule has 72 valence electrons. The number of rotatable bonds is 4. The van der Waals surface area contributed by atoms with E-state index in [9.17, 15) is 0 Å². The summed E-state index contributed by atoms with van der Waals surface area (Å²) in [5.41, 5.74) is 0. The van der Waals surface area contributed by atoms with Crippen LogP contribution < -0.4 is 4.74 Å². The molecule has 0 aliphatic carbocycles. The Balaban J connectivity index is 2.65. The van der Waals surface area contributed by atoms with Crippen molar-refractivity contribution < 1.29 is 4.74 Å². The fraction of sp³-hybridized carbons (Fsp3) is 0.400. The number of thiol groups is 1. The number of hydrogen-bond acceptors (Lipinski definition) is 3. The first-order valence-electron chi connectivity index (χ1n) is 4.19. The molecular weight excluding hydrogens is 200 g/mol. The third kappa shape index (κ3) is 3.08. The van der Waals surface area contributed by atoms with Gasteiger partial charge in [-0.15, -0.1) is 24.0 Å². The fourth-order valence-electron chi connectivity index (χ4n) is 0.878. The minimum atomic E-state index is 0.543. The number of thiophene rings is 1. The molecule has 0 aromatic carbocycles. The highest BCUT2D eigenvalue weighted by molar-refractivity contribution is 7.90. The lowest BCUT2D eigenvalue weighted by Crippen LogP contribution is -2.04. The lowest BCUT2D eigenvalue weighted by molar-refractivity contribution is 0.271. The van der Waals surface area contributed by atoms with Crippen LogP contribution in [0.5, 0.6) is 5.75 Å². The van der Waals surface area contributed by atoms with Crippen LogP contribution in [0.15, 0.2) is 18.0 Å². The lowest BCUT2D eigenvalue weighted by Gasteiger charge is -2.08. The van der Waals surface area contributed by atoms with Crippen molar-refractivity contribution in [2.45, 2.75) is 13.8 Å². The van der Waals surface area contributed by atoms with E-state index in [-0.39, 0.29) is 0 Å². The van der Waals surface area contributed by atoms with Crippen LogP contribution >= 0.6 is 24.0 Å². The molecule has 0 N–H and O–H groups in total. The van der Waals surface area contributed by atoms with Gasteiger partial charge < -0.3 is 4.74 Å². The Bertz CT molecular complexity index is 289. The maximum Gasteiger partial charge on any atom is 0.138 e. The van der Waals surface area contributed by atoms with Crippen LogP contribution in [0.1, 0.15) is 18.7 Å². The quantitative estimate of drug-likeness (QED) is 0.752. The summed E-state index contributed by atoms with van der Waals surface area (Å²) >= 11 is 5.81. The highest BCUT2D eigenvalue weighted by Gasteiger charge is 2.06. The zero-order valence-electron chi connectivity index (χ0n) is 7.91. The predicted octanol–water partition coefficient (Wildman–Crippen LogP) is 3.68. The molecule has 0 atom stereocenters. The smallest absolute Gasteiger partial charge is 0.138 e. The van der Waals surface area contributed by atoms with Gasteiger partial charge in [0.2, 0.25) is 0 Å². The van der Waals surface area contributed by atoms with Crippen LogP contribution in [-0.2, 0) is 0 Å². The van der Waals surface area contributed by atoms with E-state index in [1.165, 1.54) is 0 Å². The Kier molecular flexibility index (Phi) is 3.88. The Morgan fingerprint density at radius 2 is 2.38 bits per heavy atom. The van der Waals surface area contributed by atoms with E-state index in [1.54, 1.807) is 11.3 Å². The molecule has 0 fully saturated rings. The van der Waals surface area contributed by atoms with Gasteiger partial charge in [-0.05, 0) is 17.4 Å². The minimum Gasteiger partial charge on any atom is -0.492 e. The Morgan fingerprint density at radius 1 is 1.69 bits per heavy atom. The molecule has 0 aliphatic rings. The second-order valence-electron chi connectivity index (χ2n) is 3.27. The summed E-state index contributed by atoms with van der Waals surface area (Å²) in [6.45, 7) is 8.77. The van der Waals surface area contributed by atoms with Crippen molar-refractivity contribution in [2.24, 2.45) is 5.92 Å². The van der Waals surface area contributed by atoms with E-state index in [1.807, 2.05) is 11.4 Å². The van der Waals surface area contributed by atoms with Crippen molar-refractivity contribution in [1.82, 2.24) is 0 Å². The minimum absolute atomic E-state index is 0.543. The van der Waals surface area contributed by atoms with E-state index in [4.69, 9.17) is 4.74 Å². The van der Waals surface area contributed by atoms with E-state index in [0.717, 1.165) is 22.1 Å². The van der Waals surface area contributed by atoms with E-state index in [0.29, 0.717) is 5.92 Å². The maximum atomic E-state index is 5.60. The molecule has 1 nitrogen and oxygen atoms in total. The van der Waals surface area contributed by atoms with Gasteiger partial charge in [-0.3, -0.25) is 0 Å². The number of hydrogen-bond donors (Lipinski definition) is 1. The molecule has 1 heterocycles. The van der Waals surface area contributed by atoms with Gasteiger partial charge in [0.05, 0.1) is 11.5 Å². The largest absolute Gasteiger partial charge is 0.492 e. The molecular formula is C10H14OS2. The normalized spacial score (nSPS) is 10.5. The molecule has 13 heavy (non-hydrogen) atoms. The van der Waals surface area contributed by atoms with Crippen molar-refractivity contribution >= 4 is 28.9 Å². The van der Waals surface area contributed by atoms with Gasteiger partial charge in [0.1, 0.15) is 5.75 Å². The summed E-state index contributed by atoms with van der Waals surface area (Å²) in [6, 6.07) is 1.96. The second kappa shape index (κ2) is 4.72. The first-order chi connectivity index (χ1) is 6.11. The van der Waals surface area contributed by atoms with Gasteiger partial charge >= 0.3 is 0 Å². The van der Waals surface area contributed by atoms with Crippen LogP contribution in [-0.4, -0.2) is 6.61 Å². The fourth-order valence-corrected chi connectivity index (χ4v) is 1.85. The first kappa shape index (κ1) is 10.7. The molecule has 1 rings (SSSR count). The van der Waals surface area contributed by atoms with Crippen LogP contribution in [0.4, 0.5) is 0 Å². The van der Waals surface area contributed by atoms with Crippen molar-refractivity contribution in [3.05, 3.63) is 22.9 Å². The highest BCUT2D eigenvalue weighted by atomic mass is 32.1. The van der Waals surface area contributed by atoms with Crippen molar-refractivity contribution in [3.8, 4) is 5.75 Å². The first-order valence-corrected chi connectivity index (χ1v) is 5.52. The summed E-state index contributed by atoms with van der Waals surface area (Å²) in [7, 11) is 0. The summed E-state index contributed by atoms with van der Waals surface area (Å²) < 4.78 is 5.60. The molecule has 1 aromatic rings. The van der Waals surface area contributed by atoms with Crippen molar-refractivity contribution in [1.29, 1.82) is 0 Å². The monoisotopic (exact) mass is 214 g/mol. The third-order valence-electron chi connectivity index (χ3n) is 1.46. The van der Waals surface area contributed by atoms with E-state index in [2.05, 4.69) is 33.1 Å². The van der Waals surface area contributed by atoms with Crippen LogP contribution in [0.3, 0.4) is 0 Å². The third-order valence-corrected chi connectivity index (χ3v) is 2.79. The van der Waals surface area contributed by atoms with Crippen LogP contribution in [0.2, 0.25) is 0 Å². The standard InChI is InChI=1S/C10H14OS2/c1-7(2)6-11-9-4-5-13-10(9)8(3)12/h4-5,7,12H,3,6H2,1-2H3. The molecule has 0 radical (unpaired) electrons. The SMILES string of the molecule is C=C(S)c1sccc1OCC(C)C. The molecule has 0 saturated carbocycles. The molecule has 0 unspecified atom stereocenters. The van der Waals surface area contributed by atoms with Crippen LogP contribution in [0.25, 0.3) is 4.91 Å². The Morgan fingerprint density at radius 3 is 2.92 bits per heavy atom. The van der Waals surface area contributed by atoms with Gasteiger partial charge in [0.15, 0.2) is 0 Å². The van der Waals surface area contributed by atoms with Gasteiger partial charge in [0.25, 0.3) is 0 Å². The molecule has 3 heteroatoms. The van der Waals surface area contributed by atoms with Gasteiger partial charge in [-0.1, -0.05) is 20.4 Å². The molecule has 0 bridgehead atoms. The van der Waals surface area contributed by atoms with Gasteiger partial charge in [-0.2, -0.15) is 0 Å². The Hall–Kier alpha value is -0.410. The summed E-state index contributed by atoms with van der Waals surface area (Å²) in [4.78, 5) is 1.80. The number of ether oxygens (including phenoxy) is 1. The summed E-state index contributed by atoms with van der Waals surface area (Å²) in [6.07, 6.45) is 0. The summed E-state index contributed by atoms with van der Waals surface area (Å²) in [5.74, 6) is 1.44. The van der Waals surface area contributed by atoms with E-state index >= 15 is 0 Å². The predicted molar refractivity (Wildman–Crippen MR) is 62.7 cm³/mol. The molecule has 0 saturated heterocycles. The molecule has 1 aromatic heterocycles. The maximum absolute atomic E-state index is 5.60.